The van der Waals surface area contributed by atoms with E-state index in [1.807, 2.05) is 6.07 Å². The lowest BCUT2D eigenvalue weighted by molar-refractivity contribution is 0.0191. The fourth-order valence-corrected chi connectivity index (χ4v) is 5.17. The van der Waals surface area contributed by atoms with Crippen molar-refractivity contribution in [3.8, 4) is 5.75 Å². The van der Waals surface area contributed by atoms with E-state index in [1.54, 1.807) is 18.2 Å². The highest BCUT2D eigenvalue weighted by atomic mass is 16.3. The molecule has 2 heterocycles. The third kappa shape index (κ3) is 4.22. The number of aromatic hydroxyl groups is 1. The van der Waals surface area contributed by atoms with Gasteiger partial charge in [0, 0.05) is 31.2 Å². The van der Waals surface area contributed by atoms with E-state index in [9.17, 15) is 15.0 Å². The number of anilines is 1. The molecule has 31 heavy (non-hydrogen) atoms. The lowest BCUT2D eigenvalue weighted by Crippen LogP contribution is -2.49. The number of aliphatic hydroxyl groups is 1. The zero-order chi connectivity index (χ0) is 21.4. The van der Waals surface area contributed by atoms with Gasteiger partial charge >= 0.3 is 0 Å². The smallest absolute Gasteiger partial charge is 0.270 e. The Morgan fingerprint density at radius 3 is 2.84 bits per heavy atom. The van der Waals surface area contributed by atoms with Crippen LogP contribution in [0, 0.1) is 5.41 Å². The van der Waals surface area contributed by atoms with Gasteiger partial charge in [0.2, 0.25) is 0 Å². The molecular formula is C23H29N5O3. The second-order valence-corrected chi connectivity index (χ2v) is 9.31. The molecule has 1 aromatic heterocycles. The summed E-state index contributed by atoms with van der Waals surface area (Å²) in [6, 6.07) is 7.21. The third-order valence-electron chi connectivity index (χ3n) is 7.15. The Labute approximate surface area is 181 Å². The number of phenols is 1. The third-order valence-corrected chi connectivity index (χ3v) is 7.15. The summed E-state index contributed by atoms with van der Waals surface area (Å²) in [5.41, 5.74) is 3.00. The average Bonchev–Trinajstić information content (AvgIpc) is 2.72. The second-order valence-electron chi connectivity index (χ2n) is 9.31. The van der Waals surface area contributed by atoms with Gasteiger partial charge in [-0.15, -0.1) is 0 Å². The molecule has 1 unspecified atom stereocenters. The molecule has 5 N–H and O–H groups in total. The van der Waals surface area contributed by atoms with Crippen molar-refractivity contribution in [2.75, 3.05) is 11.9 Å². The van der Waals surface area contributed by atoms with Crippen molar-refractivity contribution in [3.05, 3.63) is 47.4 Å². The molecule has 0 saturated heterocycles. The van der Waals surface area contributed by atoms with E-state index >= 15 is 0 Å². The molecule has 1 amide bonds. The normalized spacial score (nSPS) is 22.7. The maximum atomic E-state index is 12.6. The number of hydrogen-bond acceptors (Lipinski definition) is 7. The number of carbonyl (C=O) groups excluding carboxylic acids is 1. The lowest BCUT2D eigenvalue weighted by atomic mass is 9.54. The van der Waals surface area contributed by atoms with Crippen LogP contribution in [0.2, 0.25) is 0 Å². The van der Waals surface area contributed by atoms with E-state index in [-0.39, 0.29) is 24.2 Å². The van der Waals surface area contributed by atoms with Crippen molar-refractivity contribution in [2.24, 2.45) is 5.41 Å². The summed E-state index contributed by atoms with van der Waals surface area (Å²) in [5.74, 6) is 0.591. The van der Waals surface area contributed by atoms with E-state index in [1.165, 1.54) is 38.4 Å². The summed E-state index contributed by atoms with van der Waals surface area (Å²) in [6.45, 7) is 0.699. The summed E-state index contributed by atoms with van der Waals surface area (Å²) < 4.78 is 0. The van der Waals surface area contributed by atoms with Gasteiger partial charge in [-0.05, 0) is 60.8 Å². The molecule has 8 heteroatoms. The van der Waals surface area contributed by atoms with Crippen molar-refractivity contribution in [1.29, 1.82) is 0 Å². The van der Waals surface area contributed by atoms with Crippen LogP contribution in [0.3, 0.4) is 0 Å². The molecule has 2 atom stereocenters. The minimum atomic E-state index is -0.737. The molecule has 2 fully saturated rings. The number of phenolic OH excluding ortho intramolecular Hbond substituents is 1. The van der Waals surface area contributed by atoms with Crippen LogP contribution in [0.15, 0.2) is 30.6 Å². The van der Waals surface area contributed by atoms with E-state index in [2.05, 4.69) is 25.9 Å². The Balaban J connectivity index is 1.12. The molecule has 1 spiro atoms. The van der Waals surface area contributed by atoms with Crippen molar-refractivity contribution in [2.45, 2.75) is 63.3 Å². The standard InChI is InChI=1S/C23H29N5O3/c29-17-3-2-14-7-18(24-11-15(14)6-17)20(30)12-25-22(31)19-8-21(27-13-26-19)28-16-9-23(10-16)4-1-5-23/h2-3,6,8,13,16,18,20,24,29-30H,1,4-5,7,9-12H2,(H,25,31)(H,26,27,28)/t18-,20?/m0/s1. The molecule has 1 aliphatic heterocycles. The minimum Gasteiger partial charge on any atom is -0.508 e. The number of rotatable bonds is 6. The van der Waals surface area contributed by atoms with Gasteiger partial charge in [-0.2, -0.15) is 0 Å². The molecule has 3 aliphatic rings. The van der Waals surface area contributed by atoms with Crippen LogP contribution in [0.4, 0.5) is 5.82 Å². The maximum Gasteiger partial charge on any atom is 0.270 e. The number of nitrogens with one attached hydrogen (secondary N) is 3. The maximum absolute atomic E-state index is 12.6. The van der Waals surface area contributed by atoms with Gasteiger partial charge in [0.05, 0.1) is 6.10 Å². The topological polar surface area (TPSA) is 119 Å². The number of hydrogen-bond donors (Lipinski definition) is 5. The van der Waals surface area contributed by atoms with E-state index < -0.39 is 6.10 Å². The lowest BCUT2D eigenvalue weighted by Gasteiger charge is -2.54. The fourth-order valence-electron chi connectivity index (χ4n) is 5.17. The second kappa shape index (κ2) is 8.09. The van der Waals surface area contributed by atoms with Crippen molar-refractivity contribution in [3.63, 3.8) is 0 Å². The van der Waals surface area contributed by atoms with Crippen molar-refractivity contribution >= 4 is 11.7 Å². The van der Waals surface area contributed by atoms with Crippen molar-refractivity contribution < 1.29 is 15.0 Å². The van der Waals surface area contributed by atoms with Crippen LogP contribution in [0.5, 0.6) is 5.75 Å². The molecule has 0 bridgehead atoms. The van der Waals surface area contributed by atoms with Gasteiger partial charge in [0.25, 0.3) is 5.91 Å². The predicted octanol–water partition coefficient (Wildman–Crippen LogP) is 1.73. The predicted molar refractivity (Wildman–Crippen MR) is 116 cm³/mol. The van der Waals surface area contributed by atoms with Crippen LogP contribution >= 0.6 is 0 Å². The Morgan fingerprint density at radius 1 is 1.23 bits per heavy atom. The Hall–Kier alpha value is -2.71. The molecule has 164 valence electrons. The molecule has 8 nitrogen and oxygen atoms in total. The molecule has 2 saturated carbocycles. The highest BCUT2D eigenvalue weighted by Gasteiger charge is 2.48. The average molecular weight is 424 g/mol. The highest BCUT2D eigenvalue weighted by molar-refractivity contribution is 5.92. The molecule has 2 aromatic rings. The zero-order valence-electron chi connectivity index (χ0n) is 17.5. The summed E-state index contributed by atoms with van der Waals surface area (Å²) in [6.07, 6.45) is 7.70. The molecule has 2 aliphatic carbocycles. The first-order valence-corrected chi connectivity index (χ1v) is 11.1. The number of amides is 1. The monoisotopic (exact) mass is 423 g/mol. The van der Waals surface area contributed by atoms with Crippen LogP contribution in [0.1, 0.15) is 53.7 Å². The Morgan fingerprint density at radius 2 is 2.06 bits per heavy atom. The Bertz CT molecular complexity index is 969. The summed E-state index contributed by atoms with van der Waals surface area (Å²) in [5, 5.41) is 29.6. The molecule has 0 radical (unpaired) electrons. The van der Waals surface area contributed by atoms with Gasteiger partial charge in [0.15, 0.2) is 0 Å². The summed E-state index contributed by atoms with van der Waals surface area (Å²) in [7, 11) is 0. The first-order chi connectivity index (χ1) is 15.0. The van der Waals surface area contributed by atoms with Crippen LogP contribution in [-0.2, 0) is 13.0 Å². The zero-order valence-corrected chi connectivity index (χ0v) is 17.5. The van der Waals surface area contributed by atoms with Gasteiger partial charge < -0.3 is 26.2 Å². The fraction of sp³-hybridized carbons (Fsp3) is 0.522. The van der Waals surface area contributed by atoms with E-state index in [0.29, 0.717) is 35.9 Å². The van der Waals surface area contributed by atoms with Gasteiger partial charge in [-0.1, -0.05) is 12.5 Å². The number of aromatic nitrogens is 2. The van der Waals surface area contributed by atoms with Gasteiger partial charge in [-0.25, -0.2) is 9.97 Å². The molecule has 1 aromatic carbocycles. The largest absolute Gasteiger partial charge is 0.508 e. The number of benzene rings is 1. The summed E-state index contributed by atoms with van der Waals surface area (Å²) in [4.78, 5) is 20.9. The summed E-state index contributed by atoms with van der Waals surface area (Å²) >= 11 is 0. The Kier molecular flexibility index (Phi) is 5.27. The van der Waals surface area contributed by atoms with Gasteiger partial charge in [0.1, 0.15) is 23.6 Å². The minimum absolute atomic E-state index is 0.127. The van der Waals surface area contributed by atoms with Crippen LogP contribution < -0.4 is 16.0 Å². The molecular weight excluding hydrogens is 394 g/mol. The highest BCUT2D eigenvalue weighted by Crippen LogP contribution is 2.56. The molecule has 5 rings (SSSR count). The van der Waals surface area contributed by atoms with E-state index in [0.717, 1.165) is 11.1 Å². The quantitative estimate of drug-likeness (QED) is 0.480. The number of nitrogens with zero attached hydrogens (tertiary/aromatic N) is 2. The van der Waals surface area contributed by atoms with Gasteiger partial charge in [-0.3, -0.25) is 4.79 Å². The van der Waals surface area contributed by atoms with Crippen LogP contribution in [-0.4, -0.2) is 50.8 Å². The number of fused-ring (bicyclic) bond motifs is 1. The SMILES string of the molecule is O=C(NCC(O)[C@@H]1Cc2ccc(O)cc2CN1)c1cc(NC2CC3(CCC3)C2)ncn1. The first-order valence-electron chi connectivity index (χ1n) is 11.1. The van der Waals surface area contributed by atoms with E-state index in [4.69, 9.17) is 0 Å². The number of aliphatic hydroxyl groups excluding tert-OH is 1. The van der Waals surface area contributed by atoms with Crippen molar-refractivity contribution in [1.82, 2.24) is 20.6 Å². The van der Waals surface area contributed by atoms with Crippen LogP contribution in [0.25, 0.3) is 0 Å². The first kappa shape index (κ1) is 20.2. The number of carbonyl (C=O) groups is 1.